The van der Waals surface area contributed by atoms with Crippen LogP contribution in [-0.4, -0.2) is 6.09 Å². The summed E-state index contributed by atoms with van der Waals surface area (Å²) in [6.07, 6.45) is -0.852. The number of hydrogen-bond donors (Lipinski definition) is 3. The summed E-state index contributed by atoms with van der Waals surface area (Å²) in [4.78, 5) is 13.1. The standard InChI is InChI=1S/CH5N3O2/c2-4-1(5)6-3/h2-3H2,(H,4,5). The van der Waals surface area contributed by atoms with E-state index in [1.807, 2.05) is 0 Å². The Labute approximate surface area is 34.2 Å². The maximum atomic E-state index is 9.60. The van der Waals surface area contributed by atoms with Crippen LogP contribution in [0.15, 0.2) is 0 Å². The maximum Gasteiger partial charge on any atom is 0.440 e. The Morgan fingerprint density at radius 1 is 1.83 bits per heavy atom. The number of hydrazine groups is 1. The lowest BCUT2D eigenvalue weighted by Gasteiger charge is -1.89. The van der Waals surface area contributed by atoms with Gasteiger partial charge in [-0.1, -0.05) is 0 Å². The molecular formula is CH5N3O2. The highest BCUT2D eigenvalue weighted by Crippen LogP contribution is 1.55. The van der Waals surface area contributed by atoms with Crippen LogP contribution in [0.1, 0.15) is 0 Å². The van der Waals surface area contributed by atoms with Gasteiger partial charge >= 0.3 is 6.09 Å². The maximum absolute atomic E-state index is 9.60. The molecule has 5 nitrogen and oxygen atoms in total. The monoisotopic (exact) mass is 91.0 g/mol. The third-order valence-corrected chi connectivity index (χ3v) is 0.225. The van der Waals surface area contributed by atoms with Crippen LogP contribution >= 0.6 is 0 Å². The lowest BCUT2D eigenvalue weighted by atomic mass is 11.3. The van der Waals surface area contributed by atoms with E-state index in [0.29, 0.717) is 0 Å². The summed E-state index contributed by atoms with van der Waals surface area (Å²) in [5, 5.41) is 0. The zero-order valence-corrected chi connectivity index (χ0v) is 2.97. The molecule has 0 fully saturated rings. The zero-order valence-electron chi connectivity index (χ0n) is 2.97. The van der Waals surface area contributed by atoms with Crippen molar-refractivity contribution in [1.82, 2.24) is 5.43 Å². The number of nitrogens with one attached hydrogen (secondary N) is 1. The lowest BCUT2D eigenvalue weighted by molar-refractivity contribution is 0.148. The van der Waals surface area contributed by atoms with Crippen molar-refractivity contribution in [2.45, 2.75) is 0 Å². The van der Waals surface area contributed by atoms with Gasteiger partial charge in [0.15, 0.2) is 0 Å². The molecule has 0 bridgehead atoms. The number of amides is 1. The van der Waals surface area contributed by atoms with Gasteiger partial charge in [-0.25, -0.2) is 10.6 Å². The summed E-state index contributed by atoms with van der Waals surface area (Å²) in [7, 11) is 0. The van der Waals surface area contributed by atoms with Crippen molar-refractivity contribution in [3.8, 4) is 0 Å². The molecule has 0 radical (unpaired) electrons. The third kappa shape index (κ3) is 1.50. The molecule has 0 aromatic heterocycles. The summed E-state index contributed by atoms with van der Waals surface area (Å²) >= 11 is 0. The van der Waals surface area contributed by atoms with Crippen molar-refractivity contribution < 1.29 is 9.63 Å². The number of carbonyl (C=O) groups is 1. The van der Waals surface area contributed by atoms with E-state index in [9.17, 15) is 4.79 Å². The first kappa shape index (κ1) is 5.19. The van der Waals surface area contributed by atoms with Gasteiger partial charge in [0.1, 0.15) is 0 Å². The smallest absolute Gasteiger partial charge is 0.356 e. The lowest BCUT2D eigenvalue weighted by Crippen LogP contribution is -2.32. The molecular weight excluding hydrogens is 86.0 g/mol. The highest BCUT2D eigenvalue weighted by molar-refractivity contribution is 5.65. The molecule has 0 aliphatic carbocycles. The molecule has 0 heterocycles. The highest BCUT2D eigenvalue weighted by atomic mass is 16.7. The molecule has 0 saturated heterocycles. The van der Waals surface area contributed by atoms with Crippen LogP contribution in [0.2, 0.25) is 0 Å². The fraction of sp³-hybridized carbons (Fsp3) is 0. The predicted octanol–water partition coefficient (Wildman–Crippen LogP) is -1.54. The normalized spacial score (nSPS) is 7.00. The van der Waals surface area contributed by atoms with Gasteiger partial charge in [0.25, 0.3) is 0 Å². The Balaban J connectivity index is 2.99. The number of nitrogens with two attached hydrogens (primary N) is 2. The van der Waals surface area contributed by atoms with Gasteiger partial charge in [-0.15, -0.1) is 0 Å². The van der Waals surface area contributed by atoms with Crippen molar-refractivity contribution in [3.05, 3.63) is 0 Å². The van der Waals surface area contributed by atoms with Crippen LogP contribution in [0.4, 0.5) is 4.79 Å². The Hall–Kier alpha value is -0.810. The van der Waals surface area contributed by atoms with Crippen LogP contribution in [-0.2, 0) is 4.84 Å². The second-order valence-corrected chi connectivity index (χ2v) is 0.550. The van der Waals surface area contributed by atoms with E-state index in [2.05, 4.69) is 16.6 Å². The van der Waals surface area contributed by atoms with E-state index in [4.69, 9.17) is 0 Å². The Morgan fingerprint density at radius 3 is 2.33 bits per heavy atom. The zero-order chi connectivity index (χ0) is 4.99. The van der Waals surface area contributed by atoms with Crippen LogP contribution in [0.5, 0.6) is 0 Å². The van der Waals surface area contributed by atoms with Gasteiger partial charge < -0.3 is 4.84 Å². The number of carbonyl (C=O) groups excluding carboxylic acids is 1. The SMILES string of the molecule is NNC(=O)ON. The van der Waals surface area contributed by atoms with E-state index in [1.165, 1.54) is 0 Å². The second-order valence-electron chi connectivity index (χ2n) is 0.550. The average molecular weight is 91.1 g/mol. The van der Waals surface area contributed by atoms with Crippen molar-refractivity contribution in [2.75, 3.05) is 0 Å². The van der Waals surface area contributed by atoms with Crippen molar-refractivity contribution in [2.24, 2.45) is 11.7 Å². The fourth-order valence-electron chi connectivity index (χ4n) is 0.0340. The van der Waals surface area contributed by atoms with Gasteiger partial charge in [0.05, 0.1) is 0 Å². The largest absolute Gasteiger partial charge is 0.440 e. The van der Waals surface area contributed by atoms with E-state index < -0.39 is 6.09 Å². The molecule has 0 aliphatic heterocycles. The molecule has 1 amide bonds. The number of hydrogen-bond acceptors (Lipinski definition) is 4. The van der Waals surface area contributed by atoms with Crippen LogP contribution < -0.4 is 17.2 Å². The molecule has 6 heavy (non-hydrogen) atoms. The highest BCUT2D eigenvalue weighted by Gasteiger charge is 1.87. The molecule has 0 aromatic carbocycles. The first-order valence-corrected chi connectivity index (χ1v) is 1.18. The Bertz CT molecular complexity index is 46.8. The van der Waals surface area contributed by atoms with Crippen molar-refractivity contribution in [1.29, 1.82) is 0 Å². The summed E-state index contributed by atoms with van der Waals surface area (Å²) in [5.74, 6) is 8.77. The fourth-order valence-corrected chi connectivity index (χ4v) is 0.0340. The molecule has 5 N–H and O–H groups in total. The van der Waals surface area contributed by atoms with Crippen LogP contribution in [0.3, 0.4) is 0 Å². The Morgan fingerprint density at radius 2 is 2.33 bits per heavy atom. The van der Waals surface area contributed by atoms with Gasteiger partial charge in [-0.2, -0.15) is 5.90 Å². The molecule has 0 aromatic rings. The van der Waals surface area contributed by atoms with Gasteiger partial charge in [-0.05, 0) is 0 Å². The van der Waals surface area contributed by atoms with E-state index in [-0.39, 0.29) is 0 Å². The first-order valence-electron chi connectivity index (χ1n) is 1.18. The van der Waals surface area contributed by atoms with E-state index >= 15 is 0 Å². The minimum atomic E-state index is -0.852. The summed E-state index contributed by atoms with van der Waals surface area (Å²) in [6, 6.07) is 0. The minimum Gasteiger partial charge on any atom is -0.356 e. The molecule has 0 aliphatic rings. The molecule has 0 atom stereocenters. The molecule has 0 spiro atoms. The second kappa shape index (κ2) is 2.43. The summed E-state index contributed by atoms with van der Waals surface area (Å²) in [5.41, 5.74) is 1.63. The quantitative estimate of drug-likeness (QED) is 0.191. The first-order chi connectivity index (χ1) is 2.81. The van der Waals surface area contributed by atoms with Gasteiger partial charge in [0.2, 0.25) is 0 Å². The minimum absolute atomic E-state index is 0.852. The number of rotatable bonds is 0. The summed E-state index contributed by atoms with van der Waals surface area (Å²) in [6.45, 7) is 0. The van der Waals surface area contributed by atoms with Gasteiger partial charge in [0, 0.05) is 0 Å². The molecule has 36 valence electrons. The predicted molar refractivity (Wildman–Crippen MR) is 18.0 cm³/mol. The average Bonchev–Trinajstić information content (AvgIpc) is 1.65. The summed E-state index contributed by atoms with van der Waals surface area (Å²) < 4.78 is 0. The molecule has 0 unspecified atom stereocenters. The topological polar surface area (TPSA) is 90.4 Å². The van der Waals surface area contributed by atoms with Crippen molar-refractivity contribution >= 4 is 6.09 Å². The van der Waals surface area contributed by atoms with E-state index in [0.717, 1.165) is 0 Å². The molecule has 0 rings (SSSR count). The Kier molecular flexibility index (Phi) is 2.10. The van der Waals surface area contributed by atoms with Crippen molar-refractivity contribution in [3.63, 3.8) is 0 Å². The van der Waals surface area contributed by atoms with E-state index in [1.54, 1.807) is 5.43 Å². The van der Waals surface area contributed by atoms with Crippen LogP contribution in [0.25, 0.3) is 0 Å². The molecule has 0 saturated carbocycles. The molecule has 5 heteroatoms. The van der Waals surface area contributed by atoms with Crippen LogP contribution in [0, 0.1) is 0 Å². The third-order valence-electron chi connectivity index (χ3n) is 0.225. The van der Waals surface area contributed by atoms with Gasteiger partial charge in [-0.3, -0.25) is 5.43 Å².